The highest BCUT2D eigenvalue weighted by Gasteiger charge is 2.50. The Kier molecular flexibility index (Phi) is 12.4. The van der Waals surface area contributed by atoms with Gasteiger partial charge in [-0.15, -0.1) is 0 Å². The number of fused-ring (bicyclic) bond motifs is 3. The van der Waals surface area contributed by atoms with E-state index in [1.807, 2.05) is 30.3 Å². The molecule has 274 valence electrons. The third kappa shape index (κ3) is 9.25. The zero-order valence-corrected chi connectivity index (χ0v) is 34.6. The molecule has 0 spiro atoms. The van der Waals surface area contributed by atoms with Crippen molar-refractivity contribution in [3.8, 4) is 5.75 Å². The first kappa shape index (κ1) is 39.7. The first-order chi connectivity index (χ1) is 22.7. The van der Waals surface area contributed by atoms with Crippen LogP contribution in [0.5, 0.6) is 5.75 Å². The molecule has 0 N–H and O–H groups in total. The van der Waals surface area contributed by atoms with Crippen LogP contribution in [-0.4, -0.2) is 60.9 Å². The number of methoxy groups -OCH3 is 2. The van der Waals surface area contributed by atoms with Gasteiger partial charge in [-0.1, -0.05) is 78.8 Å². The van der Waals surface area contributed by atoms with E-state index >= 15 is 0 Å². The number of hydrogen-bond acceptors (Lipinski definition) is 7. The maximum absolute atomic E-state index is 14.2. The van der Waals surface area contributed by atoms with Crippen molar-refractivity contribution in [2.24, 2.45) is 29.6 Å². The second-order valence-corrected chi connectivity index (χ2v) is 27.4. The van der Waals surface area contributed by atoms with Gasteiger partial charge in [0.2, 0.25) is 0 Å². The standard InChI is InChI=1S/C40H64O7Si2/c1-26-20-34-32(37(26)45-25-27-14-17-29(43-8)18-15-27)19-16-28-21-30(46-48(10,11)39(2,3)4)22-31(47-49(12,13)40(5,6)7)23-36(41)35(24-33(28)34)38(42)44-9/h14-19,24,26,28,30-34,37H,20-23,25H2,1-13H3/b35-24+/t26-,28?,30-,31+,32?,33?,34?,37+/m1/s1. The first-order valence-corrected chi connectivity index (χ1v) is 24.1. The molecule has 1 aromatic carbocycles. The Balaban J connectivity index is 1.72. The van der Waals surface area contributed by atoms with Crippen molar-refractivity contribution < 1.29 is 32.7 Å². The maximum atomic E-state index is 14.2. The van der Waals surface area contributed by atoms with Crippen molar-refractivity contribution in [3.05, 3.63) is 53.6 Å². The summed E-state index contributed by atoms with van der Waals surface area (Å²) in [7, 11) is -1.37. The Bertz CT molecular complexity index is 1370. The summed E-state index contributed by atoms with van der Waals surface area (Å²) in [4.78, 5) is 27.6. The quantitative estimate of drug-likeness (QED) is 0.109. The fourth-order valence-corrected chi connectivity index (χ4v) is 10.2. The number of benzene rings is 1. The Labute approximate surface area is 298 Å². The number of ketones is 1. The van der Waals surface area contributed by atoms with E-state index in [-0.39, 0.29) is 69.8 Å². The van der Waals surface area contributed by atoms with E-state index in [9.17, 15) is 9.59 Å². The predicted octanol–water partition coefficient (Wildman–Crippen LogP) is 9.29. The topological polar surface area (TPSA) is 80.3 Å². The molecule has 0 aromatic heterocycles. The fourth-order valence-electron chi connectivity index (χ4n) is 7.44. The van der Waals surface area contributed by atoms with Crippen molar-refractivity contribution in [3.63, 3.8) is 0 Å². The summed E-state index contributed by atoms with van der Waals surface area (Å²) in [5.41, 5.74) is 1.26. The molecule has 0 saturated heterocycles. The number of carbonyl (C=O) groups is 2. The van der Waals surface area contributed by atoms with Crippen LogP contribution in [0.25, 0.3) is 0 Å². The maximum Gasteiger partial charge on any atom is 0.341 e. The number of Topliss-reactive ketones (excluding diaryl/α,β-unsaturated/α-hetero) is 1. The molecule has 3 aliphatic carbocycles. The molecule has 1 saturated carbocycles. The molecule has 0 radical (unpaired) electrons. The molecule has 7 nitrogen and oxygen atoms in total. The molecule has 1 aromatic rings. The number of rotatable bonds is 9. The second-order valence-electron chi connectivity index (χ2n) is 17.9. The normalized spacial score (nSPS) is 31.0. The summed E-state index contributed by atoms with van der Waals surface area (Å²) >= 11 is 0. The van der Waals surface area contributed by atoms with E-state index in [0.29, 0.717) is 18.9 Å². The lowest BCUT2D eigenvalue weighted by Crippen LogP contribution is -2.48. The number of ether oxygens (including phenoxy) is 3. The van der Waals surface area contributed by atoms with Gasteiger partial charge in [0.05, 0.1) is 38.6 Å². The van der Waals surface area contributed by atoms with Gasteiger partial charge in [-0.2, -0.15) is 0 Å². The third-order valence-corrected chi connectivity index (χ3v) is 21.4. The average Bonchev–Trinajstić information content (AvgIpc) is 3.32. The number of carbonyl (C=O) groups excluding carboxylic acids is 2. The van der Waals surface area contributed by atoms with Crippen LogP contribution in [0.2, 0.25) is 36.3 Å². The van der Waals surface area contributed by atoms with E-state index in [2.05, 4.69) is 86.8 Å². The number of allylic oxidation sites excluding steroid dienone is 2. The Morgan fingerprint density at radius 2 is 1.41 bits per heavy atom. The lowest BCUT2D eigenvalue weighted by atomic mass is 9.68. The van der Waals surface area contributed by atoms with Crippen LogP contribution in [0.15, 0.2) is 48.1 Å². The SMILES string of the molecule is COC(=O)/C1=C/C2C(C=CC3C2C[C@@H](C)[C@@H]3OCc2ccc(OC)cc2)C[C@@H](O[Si](C)(C)C(C)(C)C)C[C@H](O[Si](C)(C)C(C)(C)C)CC1=O. The zero-order valence-electron chi connectivity index (χ0n) is 32.6. The molecule has 0 heterocycles. The van der Waals surface area contributed by atoms with Gasteiger partial charge in [-0.3, -0.25) is 4.79 Å². The first-order valence-electron chi connectivity index (χ1n) is 18.3. The van der Waals surface area contributed by atoms with Crippen LogP contribution < -0.4 is 4.74 Å². The van der Waals surface area contributed by atoms with Gasteiger partial charge in [0.15, 0.2) is 22.4 Å². The van der Waals surface area contributed by atoms with Gasteiger partial charge in [-0.05, 0) is 96.9 Å². The van der Waals surface area contributed by atoms with Crippen LogP contribution >= 0.6 is 0 Å². The number of hydrogen-bond donors (Lipinski definition) is 0. The summed E-state index contributed by atoms with van der Waals surface area (Å²) in [5, 5.41) is 0.00759. The fraction of sp³-hybridized carbons (Fsp3) is 0.700. The third-order valence-electron chi connectivity index (χ3n) is 12.3. The van der Waals surface area contributed by atoms with Crippen LogP contribution in [0.4, 0.5) is 0 Å². The van der Waals surface area contributed by atoms with Crippen LogP contribution in [0.3, 0.4) is 0 Å². The van der Waals surface area contributed by atoms with E-state index in [1.165, 1.54) is 7.11 Å². The minimum Gasteiger partial charge on any atom is -0.497 e. The van der Waals surface area contributed by atoms with E-state index in [1.54, 1.807) is 7.11 Å². The molecule has 0 amide bonds. The highest BCUT2D eigenvalue weighted by atomic mass is 28.4. The van der Waals surface area contributed by atoms with E-state index in [0.717, 1.165) is 24.2 Å². The van der Waals surface area contributed by atoms with Crippen molar-refractivity contribution in [1.82, 2.24) is 0 Å². The highest BCUT2D eigenvalue weighted by Crippen LogP contribution is 2.51. The van der Waals surface area contributed by atoms with Crippen LogP contribution in [-0.2, 0) is 34.5 Å². The molecule has 1 fully saturated rings. The lowest BCUT2D eigenvalue weighted by Gasteiger charge is -2.44. The summed E-state index contributed by atoms with van der Waals surface area (Å²) in [6.07, 6.45) is 8.78. The Morgan fingerprint density at radius 1 is 0.816 bits per heavy atom. The summed E-state index contributed by atoms with van der Waals surface area (Å²) in [6, 6.07) is 8.02. The largest absolute Gasteiger partial charge is 0.497 e. The van der Waals surface area contributed by atoms with Gasteiger partial charge in [-0.25, -0.2) is 4.79 Å². The van der Waals surface area contributed by atoms with Crippen molar-refractivity contribution in [2.75, 3.05) is 14.2 Å². The number of esters is 1. The van der Waals surface area contributed by atoms with Crippen LogP contribution in [0, 0.1) is 29.6 Å². The zero-order chi connectivity index (χ0) is 36.5. The molecule has 4 rings (SSSR count). The molecular weight excluding hydrogens is 649 g/mol. The van der Waals surface area contributed by atoms with Crippen molar-refractivity contribution in [2.45, 2.75) is 135 Å². The lowest BCUT2D eigenvalue weighted by molar-refractivity contribution is -0.138. The van der Waals surface area contributed by atoms with Gasteiger partial charge in [0.1, 0.15) is 5.75 Å². The molecule has 4 unspecified atom stereocenters. The van der Waals surface area contributed by atoms with Crippen molar-refractivity contribution >= 4 is 28.4 Å². The van der Waals surface area contributed by atoms with Crippen molar-refractivity contribution in [1.29, 1.82) is 0 Å². The minimum atomic E-state index is -2.24. The molecule has 0 bridgehead atoms. The Morgan fingerprint density at radius 3 is 1.96 bits per heavy atom. The molecule has 9 heteroatoms. The molecule has 49 heavy (non-hydrogen) atoms. The summed E-state index contributed by atoms with van der Waals surface area (Å²) in [5.74, 6) is 0.866. The van der Waals surface area contributed by atoms with Gasteiger partial charge in [0, 0.05) is 18.4 Å². The molecule has 0 aliphatic heterocycles. The van der Waals surface area contributed by atoms with E-state index < -0.39 is 22.6 Å². The monoisotopic (exact) mass is 712 g/mol. The van der Waals surface area contributed by atoms with E-state index in [4.69, 9.17) is 23.1 Å². The molecule has 3 aliphatic rings. The Hall–Kier alpha value is -2.05. The van der Waals surface area contributed by atoms with Gasteiger partial charge in [0.25, 0.3) is 0 Å². The smallest absolute Gasteiger partial charge is 0.341 e. The second kappa shape index (κ2) is 15.3. The molecular formula is C40H64O7Si2. The van der Waals surface area contributed by atoms with Gasteiger partial charge < -0.3 is 23.1 Å². The minimum absolute atomic E-state index is 0.0199. The summed E-state index contributed by atoms with van der Waals surface area (Å²) in [6.45, 7) is 25.3. The molecule has 8 atom stereocenters. The predicted molar refractivity (Wildman–Crippen MR) is 202 cm³/mol. The summed E-state index contributed by atoms with van der Waals surface area (Å²) < 4.78 is 31.4. The average molecular weight is 713 g/mol. The van der Waals surface area contributed by atoms with Gasteiger partial charge >= 0.3 is 5.97 Å². The van der Waals surface area contributed by atoms with Crippen LogP contribution in [0.1, 0.15) is 79.7 Å². The highest BCUT2D eigenvalue weighted by molar-refractivity contribution is 6.74.